The van der Waals surface area contributed by atoms with E-state index in [-0.39, 0.29) is 5.69 Å². The number of H-pyrrole nitrogens is 1. The van der Waals surface area contributed by atoms with Gasteiger partial charge in [0.2, 0.25) is 0 Å². The third kappa shape index (κ3) is 2.96. The van der Waals surface area contributed by atoms with Crippen molar-refractivity contribution in [3.05, 3.63) is 89.2 Å². The van der Waals surface area contributed by atoms with Crippen LogP contribution in [0.4, 0.5) is 0 Å². The predicted octanol–water partition coefficient (Wildman–Crippen LogP) is 3.70. The van der Waals surface area contributed by atoms with Crippen LogP contribution in [0.1, 0.15) is 27.3 Å². The predicted molar refractivity (Wildman–Crippen MR) is 85.4 cm³/mol. The Labute approximate surface area is 127 Å². The molecule has 3 rings (SSSR count). The molecule has 1 aromatic heterocycles. The monoisotopic (exact) mass is 290 g/mol. The van der Waals surface area contributed by atoms with Gasteiger partial charge in [-0.3, -0.25) is 5.10 Å². The van der Waals surface area contributed by atoms with Gasteiger partial charge in [-0.1, -0.05) is 60.7 Å². The van der Waals surface area contributed by atoms with Gasteiger partial charge in [0.25, 0.3) is 0 Å². The first-order valence-corrected chi connectivity index (χ1v) is 6.85. The maximum atomic E-state index is 11.0. The van der Waals surface area contributed by atoms with Crippen LogP contribution in [0.3, 0.4) is 0 Å². The van der Waals surface area contributed by atoms with E-state index in [0.29, 0.717) is 5.69 Å². The number of carbonyl (C=O) groups is 1. The number of hydrogen-bond acceptors (Lipinski definition) is 2. The van der Waals surface area contributed by atoms with Crippen molar-refractivity contribution >= 4 is 17.6 Å². The molecule has 1 heterocycles. The minimum atomic E-state index is -1.02. The highest BCUT2D eigenvalue weighted by atomic mass is 16.4. The first-order valence-electron chi connectivity index (χ1n) is 6.85. The molecule has 0 aliphatic rings. The molecular formula is C18H14N2O2. The highest BCUT2D eigenvalue weighted by Crippen LogP contribution is 2.25. The summed E-state index contributed by atoms with van der Waals surface area (Å²) in [5.41, 5.74) is 3.56. The number of aromatic nitrogens is 2. The van der Waals surface area contributed by atoms with Crippen LogP contribution in [0, 0.1) is 0 Å². The molecule has 0 bridgehead atoms. The standard InChI is InChI=1S/C18H14N2O2/c21-18(22)17-12-16(19-20-17)15(14-9-5-2-6-10-14)11-13-7-3-1-4-8-13/h1-12H,(H,19,20)(H,21,22)/b15-11+. The number of benzene rings is 2. The summed E-state index contributed by atoms with van der Waals surface area (Å²) >= 11 is 0. The summed E-state index contributed by atoms with van der Waals surface area (Å²) in [4.78, 5) is 11.0. The normalized spacial score (nSPS) is 11.4. The number of nitrogens with one attached hydrogen (secondary N) is 1. The number of rotatable bonds is 4. The third-order valence-electron chi connectivity index (χ3n) is 3.28. The minimum Gasteiger partial charge on any atom is -0.477 e. The molecule has 0 aliphatic heterocycles. The van der Waals surface area contributed by atoms with E-state index in [0.717, 1.165) is 16.7 Å². The molecule has 0 radical (unpaired) electrons. The average molecular weight is 290 g/mol. The summed E-state index contributed by atoms with van der Waals surface area (Å²) in [5.74, 6) is -1.02. The number of aromatic amines is 1. The molecule has 0 saturated carbocycles. The molecule has 4 nitrogen and oxygen atoms in total. The van der Waals surface area contributed by atoms with E-state index < -0.39 is 5.97 Å². The Hall–Kier alpha value is -3.14. The second-order valence-corrected chi connectivity index (χ2v) is 4.81. The second-order valence-electron chi connectivity index (χ2n) is 4.81. The van der Waals surface area contributed by atoms with Crippen molar-refractivity contribution in [3.8, 4) is 0 Å². The fourth-order valence-corrected chi connectivity index (χ4v) is 2.21. The van der Waals surface area contributed by atoms with Crippen LogP contribution in [-0.4, -0.2) is 21.3 Å². The van der Waals surface area contributed by atoms with Gasteiger partial charge in [-0.25, -0.2) is 4.79 Å². The average Bonchev–Trinajstić information content (AvgIpc) is 3.04. The van der Waals surface area contributed by atoms with Gasteiger partial charge in [-0.15, -0.1) is 0 Å². The Morgan fingerprint density at radius 3 is 2.23 bits per heavy atom. The van der Waals surface area contributed by atoms with Crippen molar-refractivity contribution in [2.45, 2.75) is 0 Å². The van der Waals surface area contributed by atoms with Crippen LogP contribution < -0.4 is 0 Å². The molecule has 0 amide bonds. The number of aromatic carboxylic acids is 1. The lowest BCUT2D eigenvalue weighted by Crippen LogP contribution is -1.95. The lowest BCUT2D eigenvalue weighted by atomic mass is 10.00. The zero-order valence-electron chi connectivity index (χ0n) is 11.7. The fourth-order valence-electron chi connectivity index (χ4n) is 2.21. The molecular weight excluding hydrogens is 276 g/mol. The van der Waals surface area contributed by atoms with Crippen molar-refractivity contribution in [2.75, 3.05) is 0 Å². The van der Waals surface area contributed by atoms with Gasteiger partial charge in [-0.2, -0.15) is 5.10 Å². The minimum absolute atomic E-state index is 0.0740. The second kappa shape index (κ2) is 6.10. The Morgan fingerprint density at radius 2 is 1.64 bits per heavy atom. The zero-order chi connectivity index (χ0) is 15.4. The van der Waals surface area contributed by atoms with E-state index in [4.69, 9.17) is 5.11 Å². The summed E-state index contributed by atoms with van der Waals surface area (Å²) in [6.07, 6.45) is 2.00. The SMILES string of the molecule is O=C(O)c1cc(/C(=C/c2ccccc2)c2ccccc2)n[nH]1. The van der Waals surface area contributed by atoms with Crippen LogP contribution in [0.2, 0.25) is 0 Å². The Kier molecular flexibility index (Phi) is 3.83. The Morgan fingerprint density at radius 1 is 1.00 bits per heavy atom. The maximum Gasteiger partial charge on any atom is 0.353 e. The van der Waals surface area contributed by atoms with Gasteiger partial charge in [-0.05, 0) is 23.3 Å². The Balaban J connectivity index is 2.11. The smallest absolute Gasteiger partial charge is 0.353 e. The topological polar surface area (TPSA) is 66.0 Å². The molecule has 108 valence electrons. The first kappa shape index (κ1) is 13.8. The van der Waals surface area contributed by atoms with E-state index in [9.17, 15) is 4.79 Å². The van der Waals surface area contributed by atoms with E-state index in [2.05, 4.69) is 10.2 Å². The molecule has 0 fully saturated rings. The largest absolute Gasteiger partial charge is 0.477 e. The van der Waals surface area contributed by atoms with E-state index in [1.807, 2.05) is 66.7 Å². The van der Waals surface area contributed by atoms with Crippen LogP contribution in [0.5, 0.6) is 0 Å². The van der Waals surface area contributed by atoms with Crippen molar-refractivity contribution in [3.63, 3.8) is 0 Å². The van der Waals surface area contributed by atoms with E-state index in [1.165, 1.54) is 0 Å². The molecule has 2 aromatic carbocycles. The molecule has 4 heteroatoms. The number of nitrogens with zero attached hydrogens (tertiary/aromatic N) is 1. The van der Waals surface area contributed by atoms with Gasteiger partial charge in [0.1, 0.15) is 5.69 Å². The molecule has 2 N–H and O–H groups in total. The van der Waals surface area contributed by atoms with Crippen LogP contribution in [0.15, 0.2) is 66.7 Å². The number of carboxylic acids is 1. The summed E-state index contributed by atoms with van der Waals surface area (Å²) < 4.78 is 0. The van der Waals surface area contributed by atoms with Crippen molar-refractivity contribution < 1.29 is 9.90 Å². The lowest BCUT2D eigenvalue weighted by Gasteiger charge is -2.05. The van der Waals surface area contributed by atoms with Gasteiger partial charge >= 0.3 is 5.97 Å². The zero-order valence-corrected chi connectivity index (χ0v) is 11.7. The van der Waals surface area contributed by atoms with E-state index in [1.54, 1.807) is 6.07 Å². The number of hydrogen-bond donors (Lipinski definition) is 2. The molecule has 3 aromatic rings. The first-order chi connectivity index (χ1) is 10.7. The van der Waals surface area contributed by atoms with Crippen molar-refractivity contribution in [1.29, 1.82) is 0 Å². The highest BCUT2D eigenvalue weighted by Gasteiger charge is 2.12. The Bertz CT molecular complexity index is 805. The van der Waals surface area contributed by atoms with Gasteiger partial charge in [0.15, 0.2) is 0 Å². The van der Waals surface area contributed by atoms with Crippen LogP contribution in [-0.2, 0) is 0 Å². The highest BCUT2D eigenvalue weighted by molar-refractivity contribution is 5.92. The molecule has 0 aliphatic carbocycles. The molecule has 0 unspecified atom stereocenters. The summed E-state index contributed by atoms with van der Waals surface area (Å²) in [7, 11) is 0. The van der Waals surface area contributed by atoms with Crippen LogP contribution >= 0.6 is 0 Å². The van der Waals surface area contributed by atoms with Crippen molar-refractivity contribution in [2.24, 2.45) is 0 Å². The molecule has 0 saturated heterocycles. The van der Waals surface area contributed by atoms with Gasteiger partial charge in [0, 0.05) is 5.57 Å². The molecule has 22 heavy (non-hydrogen) atoms. The fraction of sp³-hybridized carbons (Fsp3) is 0. The number of carboxylic acid groups (broad SMARTS) is 1. The molecule has 0 atom stereocenters. The summed E-state index contributed by atoms with van der Waals surface area (Å²) in [6.45, 7) is 0. The van der Waals surface area contributed by atoms with Gasteiger partial charge < -0.3 is 5.11 Å². The third-order valence-corrected chi connectivity index (χ3v) is 3.28. The maximum absolute atomic E-state index is 11.0. The van der Waals surface area contributed by atoms with Crippen LogP contribution in [0.25, 0.3) is 11.6 Å². The summed E-state index contributed by atoms with van der Waals surface area (Å²) in [5, 5.41) is 15.7. The lowest BCUT2D eigenvalue weighted by molar-refractivity contribution is 0.0690. The quantitative estimate of drug-likeness (QED) is 0.720. The van der Waals surface area contributed by atoms with Crippen molar-refractivity contribution in [1.82, 2.24) is 10.2 Å². The van der Waals surface area contributed by atoms with Gasteiger partial charge in [0.05, 0.1) is 5.69 Å². The summed E-state index contributed by atoms with van der Waals surface area (Å²) in [6, 6.07) is 21.2. The van der Waals surface area contributed by atoms with E-state index >= 15 is 0 Å². The molecule has 0 spiro atoms.